The predicted octanol–water partition coefficient (Wildman–Crippen LogP) is 6.18. The molecule has 31 heavy (non-hydrogen) atoms. The summed E-state index contributed by atoms with van der Waals surface area (Å²) in [7, 11) is 0. The molecule has 1 heterocycles. The van der Waals surface area contributed by atoms with Crippen LogP contribution in [-0.2, 0) is 17.9 Å². The number of anilines is 1. The normalized spacial score (nSPS) is 10.9. The number of carbonyl (C=O) groups excluding carboxylic acids is 1. The van der Waals surface area contributed by atoms with Crippen molar-refractivity contribution in [2.24, 2.45) is 0 Å². The third kappa shape index (κ3) is 6.07. The number of halogens is 3. The van der Waals surface area contributed by atoms with Gasteiger partial charge in [0.2, 0.25) is 5.91 Å². The molecule has 0 aliphatic heterocycles. The van der Waals surface area contributed by atoms with Gasteiger partial charge in [-0.2, -0.15) is 0 Å². The molecular formula is C21H21Cl3N4O2S. The van der Waals surface area contributed by atoms with Crippen molar-refractivity contribution in [3.8, 4) is 5.75 Å². The van der Waals surface area contributed by atoms with E-state index < -0.39 is 0 Å². The molecular weight excluding hydrogens is 479 g/mol. The van der Waals surface area contributed by atoms with Crippen LogP contribution < -0.4 is 10.1 Å². The average molecular weight is 500 g/mol. The highest BCUT2D eigenvalue weighted by Gasteiger charge is 2.14. The summed E-state index contributed by atoms with van der Waals surface area (Å²) in [6.45, 7) is 6.78. The summed E-state index contributed by atoms with van der Waals surface area (Å²) in [6, 6.07) is 8.73. The maximum Gasteiger partial charge on any atom is 0.234 e. The zero-order chi connectivity index (χ0) is 22.5. The van der Waals surface area contributed by atoms with Crippen LogP contribution in [0.25, 0.3) is 0 Å². The summed E-state index contributed by atoms with van der Waals surface area (Å²) in [6.07, 6.45) is 0. The van der Waals surface area contributed by atoms with Crippen LogP contribution in [-0.4, -0.2) is 26.4 Å². The number of nitrogens with one attached hydrogen (secondary N) is 1. The van der Waals surface area contributed by atoms with E-state index in [9.17, 15) is 4.79 Å². The lowest BCUT2D eigenvalue weighted by molar-refractivity contribution is -0.113. The van der Waals surface area contributed by atoms with Crippen LogP contribution in [0.4, 0.5) is 5.69 Å². The summed E-state index contributed by atoms with van der Waals surface area (Å²) in [4.78, 5) is 12.3. The minimum atomic E-state index is -0.182. The molecule has 164 valence electrons. The maximum atomic E-state index is 12.3. The van der Waals surface area contributed by atoms with Gasteiger partial charge >= 0.3 is 0 Å². The Bertz CT molecular complexity index is 1080. The third-order valence-corrected chi connectivity index (χ3v) is 6.73. The molecule has 1 N–H and O–H groups in total. The van der Waals surface area contributed by atoms with Crippen LogP contribution in [0.3, 0.4) is 0 Å². The number of ether oxygens (including phenoxy) is 1. The lowest BCUT2D eigenvalue weighted by Gasteiger charge is -2.11. The van der Waals surface area contributed by atoms with Gasteiger partial charge in [0.05, 0.1) is 15.8 Å². The van der Waals surface area contributed by atoms with Crippen molar-refractivity contribution >= 4 is 58.2 Å². The first-order valence-corrected chi connectivity index (χ1v) is 11.6. The fourth-order valence-electron chi connectivity index (χ4n) is 2.89. The molecule has 0 saturated carbocycles. The van der Waals surface area contributed by atoms with Gasteiger partial charge in [-0.1, -0.05) is 46.6 Å². The van der Waals surface area contributed by atoms with E-state index in [-0.39, 0.29) is 18.3 Å². The van der Waals surface area contributed by atoms with Gasteiger partial charge in [-0.25, -0.2) is 0 Å². The number of thioether (sulfide) groups is 1. The number of aromatic nitrogens is 3. The summed E-state index contributed by atoms with van der Waals surface area (Å²) in [5, 5.41) is 13.4. The quantitative estimate of drug-likeness (QED) is 0.375. The van der Waals surface area contributed by atoms with Crippen LogP contribution in [0.5, 0.6) is 5.75 Å². The van der Waals surface area contributed by atoms with E-state index >= 15 is 0 Å². The molecule has 1 aromatic heterocycles. The van der Waals surface area contributed by atoms with Crippen LogP contribution in [0.2, 0.25) is 15.1 Å². The summed E-state index contributed by atoms with van der Waals surface area (Å²) in [5.41, 5.74) is 2.50. The zero-order valence-corrected chi connectivity index (χ0v) is 20.3. The maximum absolute atomic E-state index is 12.3. The van der Waals surface area contributed by atoms with Crippen LogP contribution in [0, 0.1) is 13.8 Å². The van der Waals surface area contributed by atoms with E-state index in [1.165, 1.54) is 11.8 Å². The van der Waals surface area contributed by atoms with Gasteiger partial charge in [-0.3, -0.25) is 4.79 Å². The standard InChI is InChI=1S/C21H21Cl3N4O2S/c1-4-28-18(10-30-15-7-12(2)20(24)13(3)8-15)26-27-21(28)31-11-19(29)25-14-5-6-16(22)17(23)9-14/h5-9H,4,10-11H2,1-3H3,(H,25,29). The van der Waals surface area contributed by atoms with Crippen molar-refractivity contribution in [2.45, 2.75) is 39.1 Å². The predicted molar refractivity (Wildman–Crippen MR) is 127 cm³/mol. The van der Waals surface area contributed by atoms with Crippen LogP contribution in [0.15, 0.2) is 35.5 Å². The Morgan fingerprint density at radius 1 is 1.10 bits per heavy atom. The second kappa shape index (κ2) is 10.6. The van der Waals surface area contributed by atoms with E-state index in [0.717, 1.165) is 21.9 Å². The van der Waals surface area contributed by atoms with Crippen molar-refractivity contribution in [2.75, 3.05) is 11.1 Å². The second-order valence-electron chi connectivity index (χ2n) is 6.77. The van der Waals surface area contributed by atoms with Gasteiger partial charge in [0.1, 0.15) is 12.4 Å². The molecule has 2 aromatic carbocycles. The largest absolute Gasteiger partial charge is 0.486 e. The molecule has 0 spiro atoms. The number of carbonyl (C=O) groups is 1. The van der Waals surface area contributed by atoms with Gasteiger partial charge in [-0.05, 0) is 62.2 Å². The highest BCUT2D eigenvalue weighted by atomic mass is 35.5. The highest BCUT2D eigenvalue weighted by molar-refractivity contribution is 7.99. The summed E-state index contributed by atoms with van der Waals surface area (Å²) >= 11 is 19.4. The monoisotopic (exact) mass is 498 g/mol. The van der Waals surface area contributed by atoms with E-state index in [4.69, 9.17) is 39.5 Å². The average Bonchev–Trinajstić information content (AvgIpc) is 3.13. The number of hydrogen-bond donors (Lipinski definition) is 1. The van der Waals surface area contributed by atoms with E-state index in [1.807, 2.05) is 37.5 Å². The van der Waals surface area contributed by atoms with Crippen molar-refractivity contribution < 1.29 is 9.53 Å². The Morgan fingerprint density at radius 3 is 2.45 bits per heavy atom. The van der Waals surface area contributed by atoms with Crippen molar-refractivity contribution in [3.05, 3.63) is 62.4 Å². The molecule has 6 nitrogen and oxygen atoms in total. The van der Waals surface area contributed by atoms with E-state index in [2.05, 4.69) is 15.5 Å². The van der Waals surface area contributed by atoms with E-state index in [1.54, 1.807) is 18.2 Å². The molecule has 0 radical (unpaired) electrons. The van der Waals surface area contributed by atoms with Crippen molar-refractivity contribution in [1.82, 2.24) is 14.8 Å². The van der Waals surface area contributed by atoms with Gasteiger partial charge in [0.15, 0.2) is 11.0 Å². The second-order valence-corrected chi connectivity index (χ2v) is 8.90. The number of aryl methyl sites for hydroxylation is 2. The zero-order valence-electron chi connectivity index (χ0n) is 17.2. The first-order valence-electron chi connectivity index (χ1n) is 9.47. The molecule has 3 aromatic rings. The molecule has 10 heteroatoms. The Morgan fingerprint density at radius 2 is 1.81 bits per heavy atom. The lowest BCUT2D eigenvalue weighted by Crippen LogP contribution is -2.15. The Hall–Kier alpha value is -1.93. The van der Waals surface area contributed by atoms with Crippen LogP contribution in [0.1, 0.15) is 23.9 Å². The Balaban J connectivity index is 1.60. The fraction of sp³-hybridized carbons (Fsp3) is 0.286. The van der Waals surface area contributed by atoms with Gasteiger partial charge in [-0.15, -0.1) is 10.2 Å². The number of rotatable bonds is 8. The first-order chi connectivity index (χ1) is 14.8. The number of nitrogens with zero attached hydrogens (tertiary/aromatic N) is 3. The number of hydrogen-bond acceptors (Lipinski definition) is 5. The molecule has 0 aliphatic carbocycles. The van der Waals surface area contributed by atoms with Gasteiger partial charge < -0.3 is 14.6 Å². The van der Waals surface area contributed by atoms with Crippen LogP contribution >= 0.6 is 46.6 Å². The smallest absolute Gasteiger partial charge is 0.234 e. The molecule has 0 atom stereocenters. The molecule has 0 bridgehead atoms. The molecule has 1 amide bonds. The minimum absolute atomic E-state index is 0.175. The Labute approximate surface area is 200 Å². The molecule has 0 saturated heterocycles. The molecule has 3 rings (SSSR count). The van der Waals surface area contributed by atoms with E-state index in [0.29, 0.717) is 33.3 Å². The summed E-state index contributed by atoms with van der Waals surface area (Å²) in [5.74, 6) is 1.40. The fourth-order valence-corrected chi connectivity index (χ4v) is 4.12. The molecule has 0 fully saturated rings. The van der Waals surface area contributed by atoms with Gasteiger partial charge in [0, 0.05) is 17.3 Å². The molecule has 0 unspecified atom stereocenters. The molecule has 0 aliphatic rings. The number of benzene rings is 2. The topological polar surface area (TPSA) is 69.0 Å². The van der Waals surface area contributed by atoms with Crippen molar-refractivity contribution in [1.29, 1.82) is 0 Å². The van der Waals surface area contributed by atoms with Crippen molar-refractivity contribution in [3.63, 3.8) is 0 Å². The highest BCUT2D eigenvalue weighted by Crippen LogP contribution is 2.27. The SMILES string of the molecule is CCn1c(COc2cc(C)c(Cl)c(C)c2)nnc1SCC(=O)Nc1ccc(Cl)c(Cl)c1. The number of amides is 1. The van der Waals surface area contributed by atoms with Gasteiger partial charge in [0.25, 0.3) is 0 Å². The third-order valence-electron chi connectivity index (χ3n) is 4.42. The minimum Gasteiger partial charge on any atom is -0.486 e. The lowest BCUT2D eigenvalue weighted by atomic mass is 10.1. The summed E-state index contributed by atoms with van der Waals surface area (Å²) < 4.78 is 7.82. The first kappa shape index (κ1) is 23.7. The Kier molecular flexibility index (Phi) is 8.11.